The second kappa shape index (κ2) is 7.92. The monoisotopic (exact) mass is 343 g/mol. The zero-order chi connectivity index (χ0) is 18.4. The summed E-state index contributed by atoms with van der Waals surface area (Å²) in [5.41, 5.74) is 1.81. The molecule has 0 spiro atoms. The van der Waals surface area contributed by atoms with Gasteiger partial charge in [-0.25, -0.2) is 0 Å². The van der Waals surface area contributed by atoms with E-state index in [4.69, 9.17) is 14.2 Å². The largest absolute Gasteiger partial charge is 0.496 e. The number of methoxy groups -OCH3 is 2. The van der Waals surface area contributed by atoms with Crippen molar-refractivity contribution in [2.75, 3.05) is 26.1 Å². The Morgan fingerprint density at radius 3 is 2.08 bits per heavy atom. The maximum atomic E-state index is 12.3. The standard InChI is InChI=1S/C20H25NO4/c1-20(2,3)17-8-6-7-9-18(17)21-19(22)13-25-16-11-14(23-4)10-15(12-16)24-5/h6-12H,13H2,1-5H3,(H,21,22). The Kier molecular flexibility index (Phi) is 5.91. The molecule has 2 aromatic rings. The number of hydrogen-bond donors (Lipinski definition) is 1. The van der Waals surface area contributed by atoms with E-state index in [1.807, 2.05) is 24.3 Å². The van der Waals surface area contributed by atoms with E-state index in [9.17, 15) is 4.79 Å². The van der Waals surface area contributed by atoms with Crippen molar-refractivity contribution >= 4 is 11.6 Å². The molecule has 0 fully saturated rings. The van der Waals surface area contributed by atoms with E-state index >= 15 is 0 Å². The number of rotatable bonds is 6. The lowest BCUT2D eigenvalue weighted by molar-refractivity contribution is -0.118. The zero-order valence-corrected chi connectivity index (χ0v) is 15.4. The molecule has 0 bridgehead atoms. The molecule has 0 unspecified atom stereocenters. The Morgan fingerprint density at radius 1 is 0.960 bits per heavy atom. The molecule has 0 radical (unpaired) electrons. The van der Waals surface area contributed by atoms with Crippen LogP contribution in [0.3, 0.4) is 0 Å². The number of anilines is 1. The molecule has 134 valence electrons. The average molecular weight is 343 g/mol. The average Bonchev–Trinajstić information content (AvgIpc) is 2.59. The minimum Gasteiger partial charge on any atom is -0.496 e. The van der Waals surface area contributed by atoms with Gasteiger partial charge in [0.05, 0.1) is 14.2 Å². The first-order chi connectivity index (χ1) is 11.8. The van der Waals surface area contributed by atoms with Gasteiger partial charge in [0, 0.05) is 23.9 Å². The van der Waals surface area contributed by atoms with Gasteiger partial charge in [-0.2, -0.15) is 0 Å². The molecule has 2 rings (SSSR count). The van der Waals surface area contributed by atoms with Crippen LogP contribution in [0.4, 0.5) is 5.69 Å². The fourth-order valence-electron chi connectivity index (χ4n) is 2.45. The molecule has 0 aromatic heterocycles. The minimum absolute atomic E-state index is 0.0646. The first kappa shape index (κ1) is 18.6. The van der Waals surface area contributed by atoms with E-state index in [2.05, 4.69) is 26.1 Å². The summed E-state index contributed by atoms with van der Waals surface area (Å²) in [5.74, 6) is 1.50. The fraction of sp³-hybridized carbons (Fsp3) is 0.350. The fourth-order valence-corrected chi connectivity index (χ4v) is 2.45. The Balaban J connectivity index is 2.05. The van der Waals surface area contributed by atoms with Crippen LogP contribution in [0.1, 0.15) is 26.3 Å². The topological polar surface area (TPSA) is 56.8 Å². The Morgan fingerprint density at radius 2 is 1.52 bits per heavy atom. The summed E-state index contributed by atoms with van der Waals surface area (Å²) < 4.78 is 16.0. The van der Waals surface area contributed by atoms with Crippen LogP contribution >= 0.6 is 0 Å². The highest BCUT2D eigenvalue weighted by Gasteiger charge is 2.18. The molecule has 0 aliphatic rings. The Hall–Kier alpha value is -2.69. The summed E-state index contributed by atoms with van der Waals surface area (Å²) in [6.07, 6.45) is 0. The van der Waals surface area contributed by atoms with Crippen LogP contribution in [0, 0.1) is 0 Å². The zero-order valence-electron chi connectivity index (χ0n) is 15.4. The molecule has 1 amide bonds. The van der Waals surface area contributed by atoms with Crippen LogP contribution in [0.15, 0.2) is 42.5 Å². The van der Waals surface area contributed by atoms with Crippen LogP contribution in [-0.4, -0.2) is 26.7 Å². The molecule has 0 heterocycles. The smallest absolute Gasteiger partial charge is 0.262 e. The van der Waals surface area contributed by atoms with Gasteiger partial charge in [0.25, 0.3) is 5.91 Å². The maximum Gasteiger partial charge on any atom is 0.262 e. The highest BCUT2D eigenvalue weighted by molar-refractivity contribution is 5.92. The molecule has 0 saturated heterocycles. The molecule has 0 aliphatic heterocycles. The summed E-state index contributed by atoms with van der Waals surface area (Å²) >= 11 is 0. The summed E-state index contributed by atoms with van der Waals surface area (Å²) in [6, 6.07) is 12.9. The molecule has 1 N–H and O–H groups in total. The van der Waals surface area contributed by atoms with Crippen molar-refractivity contribution in [3.8, 4) is 17.2 Å². The van der Waals surface area contributed by atoms with Gasteiger partial charge >= 0.3 is 0 Å². The summed E-state index contributed by atoms with van der Waals surface area (Å²) in [5, 5.41) is 2.92. The lowest BCUT2D eigenvalue weighted by Gasteiger charge is -2.23. The molecule has 0 aliphatic carbocycles. The van der Waals surface area contributed by atoms with E-state index in [-0.39, 0.29) is 17.9 Å². The second-order valence-corrected chi connectivity index (χ2v) is 6.68. The van der Waals surface area contributed by atoms with E-state index in [1.54, 1.807) is 32.4 Å². The predicted octanol–water partition coefficient (Wildman–Crippen LogP) is 4.02. The number of para-hydroxylation sites is 1. The van der Waals surface area contributed by atoms with Crippen molar-refractivity contribution in [2.45, 2.75) is 26.2 Å². The quantitative estimate of drug-likeness (QED) is 0.861. The number of hydrogen-bond acceptors (Lipinski definition) is 4. The van der Waals surface area contributed by atoms with Crippen LogP contribution in [-0.2, 0) is 10.2 Å². The molecular formula is C20H25NO4. The Bertz CT molecular complexity index is 712. The van der Waals surface area contributed by atoms with Crippen LogP contribution < -0.4 is 19.5 Å². The normalized spacial score (nSPS) is 10.9. The van der Waals surface area contributed by atoms with Gasteiger partial charge < -0.3 is 19.5 Å². The number of benzene rings is 2. The molecule has 2 aromatic carbocycles. The summed E-state index contributed by atoms with van der Waals surface area (Å²) in [6.45, 7) is 6.22. The van der Waals surface area contributed by atoms with E-state index < -0.39 is 0 Å². The SMILES string of the molecule is COc1cc(OC)cc(OCC(=O)Nc2ccccc2C(C)(C)C)c1. The van der Waals surface area contributed by atoms with Crippen LogP contribution in [0.5, 0.6) is 17.2 Å². The van der Waals surface area contributed by atoms with Crippen molar-refractivity contribution in [3.05, 3.63) is 48.0 Å². The molecule has 5 nitrogen and oxygen atoms in total. The second-order valence-electron chi connectivity index (χ2n) is 6.68. The Labute approximate surface area is 148 Å². The third-order valence-electron chi connectivity index (χ3n) is 3.70. The van der Waals surface area contributed by atoms with Gasteiger partial charge in [0.1, 0.15) is 17.2 Å². The summed E-state index contributed by atoms with van der Waals surface area (Å²) in [7, 11) is 3.13. The molecular weight excluding hydrogens is 318 g/mol. The van der Waals surface area contributed by atoms with Crippen LogP contribution in [0.25, 0.3) is 0 Å². The van der Waals surface area contributed by atoms with Gasteiger partial charge in [-0.05, 0) is 17.0 Å². The highest BCUT2D eigenvalue weighted by Crippen LogP contribution is 2.30. The molecule has 0 saturated carbocycles. The van der Waals surface area contributed by atoms with Gasteiger partial charge in [-0.1, -0.05) is 39.0 Å². The molecule has 5 heteroatoms. The van der Waals surface area contributed by atoms with Crippen molar-refractivity contribution in [2.24, 2.45) is 0 Å². The van der Waals surface area contributed by atoms with E-state index in [1.165, 1.54) is 0 Å². The molecule has 25 heavy (non-hydrogen) atoms. The third-order valence-corrected chi connectivity index (χ3v) is 3.70. The van der Waals surface area contributed by atoms with Crippen molar-refractivity contribution in [1.29, 1.82) is 0 Å². The number of nitrogens with one attached hydrogen (secondary N) is 1. The molecule has 0 atom stereocenters. The summed E-state index contributed by atoms with van der Waals surface area (Å²) in [4.78, 5) is 12.3. The number of amides is 1. The highest BCUT2D eigenvalue weighted by atomic mass is 16.5. The van der Waals surface area contributed by atoms with E-state index in [0.717, 1.165) is 11.3 Å². The van der Waals surface area contributed by atoms with Crippen molar-refractivity contribution in [1.82, 2.24) is 0 Å². The van der Waals surface area contributed by atoms with Gasteiger partial charge in [-0.15, -0.1) is 0 Å². The van der Waals surface area contributed by atoms with Gasteiger partial charge in [0.15, 0.2) is 6.61 Å². The van der Waals surface area contributed by atoms with E-state index in [0.29, 0.717) is 17.2 Å². The van der Waals surface area contributed by atoms with Gasteiger partial charge in [-0.3, -0.25) is 4.79 Å². The minimum atomic E-state index is -0.224. The maximum absolute atomic E-state index is 12.3. The number of carbonyl (C=O) groups is 1. The lowest BCUT2D eigenvalue weighted by atomic mass is 9.86. The van der Waals surface area contributed by atoms with Crippen LogP contribution in [0.2, 0.25) is 0 Å². The van der Waals surface area contributed by atoms with Crippen molar-refractivity contribution in [3.63, 3.8) is 0 Å². The number of carbonyl (C=O) groups excluding carboxylic acids is 1. The van der Waals surface area contributed by atoms with Crippen molar-refractivity contribution < 1.29 is 19.0 Å². The van der Waals surface area contributed by atoms with Gasteiger partial charge in [0.2, 0.25) is 0 Å². The predicted molar refractivity (Wildman–Crippen MR) is 98.8 cm³/mol. The number of ether oxygens (including phenoxy) is 3. The first-order valence-corrected chi connectivity index (χ1v) is 8.08. The lowest BCUT2D eigenvalue weighted by Crippen LogP contribution is -2.23. The third kappa shape index (κ3) is 5.14. The first-order valence-electron chi connectivity index (χ1n) is 8.08.